The van der Waals surface area contributed by atoms with E-state index in [0.29, 0.717) is 10.6 Å². The zero-order chi connectivity index (χ0) is 19.6. The molecule has 1 aliphatic carbocycles. The lowest BCUT2D eigenvalue weighted by Crippen LogP contribution is -2.47. The first kappa shape index (κ1) is 19.2. The highest BCUT2D eigenvalue weighted by atomic mass is 32.1. The van der Waals surface area contributed by atoms with E-state index in [0.717, 1.165) is 36.1 Å². The monoisotopic (exact) mass is 389 g/mol. The van der Waals surface area contributed by atoms with Crippen LogP contribution in [0, 0.1) is 5.92 Å². The molecule has 0 saturated carbocycles. The van der Waals surface area contributed by atoms with E-state index in [1.807, 2.05) is 13.8 Å². The molecule has 0 bridgehead atoms. The number of hydrogen-bond donors (Lipinski definition) is 3. The zero-order valence-electron chi connectivity index (χ0n) is 15.3. The summed E-state index contributed by atoms with van der Waals surface area (Å²) in [4.78, 5) is 38.2. The highest BCUT2D eigenvalue weighted by molar-refractivity contribution is 7.17. The molecule has 1 unspecified atom stereocenters. The van der Waals surface area contributed by atoms with Gasteiger partial charge in [0.1, 0.15) is 11.0 Å². The largest absolute Gasteiger partial charge is 0.459 e. The molecule has 2 heterocycles. The summed E-state index contributed by atoms with van der Waals surface area (Å²) in [6.45, 7) is 3.67. The fourth-order valence-corrected chi connectivity index (χ4v) is 4.56. The molecule has 0 fully saturated rings. The second kappa shape index (κ2) is 7.96. The molecule has 0 aliphatic heterocycles. The Bertz CT molecular complexity index is 855. The number of primary amides is 1. The lowest BCUT2D eigenvalue weighted by Gasteiger charge is -2.21. The molecular formula is C19H23N3O4S. The smallest absolute Gasteiger partial charge is 0.287 e. The van der Waals surface area contributed by atoms with Gasteiger partial charge in [0.2, 0.25) is 5.91 Å². The summed E-state index contributed by atoms with van der Waals surface area (Å²) in [6, 6.07) is 2.36. The fourth-order valence-electron chi connectivity index (χ4n) is 3.26. The van der Waals surface area contributed by atoms with E-state index in [1.165, 1.54) is 23.7 Å². The Hall–Kier alpha value is -2.61. The number of hydrogen-bond acceptors (Lipinski definition) is 5. The first-order valence-electron chi connectivity index (χ1n) is 8.98. The van der Waals surface area contributed by atoms with Crippen molar-refractivity contribution in [2.45, 2.75) is 45.6 Å². The number of carbonyl (C=O) groups excluding carboxylic acids is 3. The predicted octanol–water partition coefficient (Wildman–Crippen LogP) is 2.71. The van der Waals surface area contributed by atoms with Gasteiger partial charge >= 0.3 is 0 Å². The van der Waals surface area contributed by atoms with Crippen molar-refractivity contribution in [2.24, 2.45) is 11.7 Å². The number of furan rings is 1. The van der Waals surface area contributed by atoms with E-state index in [9.17, 15) is 14.4 Å². The first-order chi connectivity index (χ1) is 12.9. The molecule has 2 aromatic rings. The molecule has 0 spiro atoms. The van der Waals surface area contributed by atoms with E-state index in [2.05, 4.69) is 10.6 Å². The van der Waals surface area contributed by atoms with Gasteiger partial charge in [-0.2, -0.15) is 0 Å². The minimum absolute atomic E-state index is 0.137. The van der Waals surface area contributed by atoms with Crippen LogP contribution in [-0.4, -0.2) is 23.8 Å². The van der Waals surface area contributed by atoms with Crippen molar-refractivity contribution in [3.8, 4) is 0 Å². The molecule has 0 radical (unpaired) electrons. The number of nitrogens with one attached hydrogen (secondary N) is 2. The lowest BCUT2D eigenvalue weighted by molar-refractivity contribution is -0.118. The lowest BCUT2D eigenvalue weighted by atomic mass is 9.95. The maximum Gasteiger partial charge on any atom is 0.287 e. The third kappa shape index (κ3) is 4.05. The van der Waals surface area contributed by atoms with E-state index in [4.69, 9.17) is 10.2 Å². The highest BCUT2D eigenvalue weighted by Crippen LogP contribution is 2.38. The Morgan fingerprint density at radius 3 is 2.59 bits per heavy atom. The Balaban J connectivity index is 1.81. The Morgan fingerprint density at radius 1 is 1.22 bits per heavy atom. The van der Waals surface area contributed by atoms with E-state index >= 15 is 0 Å². The number of anilines is 1. The van der Waals surface area contributed by atoms with Crippen LogP contribution in [-0.2, 0) is 17.6 Å². The van der Waals surface area contributed by atoms with Gasteiger partial charge in [0, 0.05) is 4.88 Å². The molecule has 27 heavy (non-hydrogen) atoms. The van der Waals surface area contributed by atoms with Gasteiger partial charge in [0.15, 0.2) is 5.76 Å². The van der Waals surface area contributed by atoms with Crippen LogP contribution in [0.3, 0.4) is 0 Å². The van der Waals surface area contributed by atoms with Gasteiger partial charge in [0.05, 0.1) is 11.8 Å². The topological polar surface area (TPSA) is 114 Å². The van der Waals surface area contributed by atoms with Gasteiger partial charge in [-0.1, -0.05) is 13.8 Å². The molecule has 3 rings (SSSR count). The maximum absolute atomic E-state index is 12.8. The predicted molar refractivity (Wildman–Crippen MR) is 103 cm³/mol. The Labute approximate surface area is 161 Å². The third-order valence-electron chi connectivity index (χ3n) is 4.64. The third-order valence-corrected chi connectivity index (χ3v) is 5.84. The first-order valence-corrected chi connectivity index (χ1v) is 9.79. The van der Waals surface area contributed by atoms with Gasteiger partial charge in [-0.3, -0.25) is 14.4 Å². The van der Waals surface area contributed by atoms with Gasteiger partial charge in [0.25, 0.3) is 11.8 Å². The number of carbonyl (C=O) groups is 3. The number of fused-ring (bicyclic) bond motifs is 1. The average molecular weight is 389 g/mol. The van der Waals surface area contributed by atoms with Crippen molar-refractivity contribution in [3.05, 3.63) is 40.2 Å². The summed E-state index contributed by atoms with van der Waals surface area (Å²) in [6.07, 6.45) is 5.15. The summed E-state index contributed by atoms with van der Waals surface area (Å²) in [7, 11) is 0. The number of amides is 3. The van der Waals surface area contributed by atoms with Crippen LogP contribution in [0.5, 0.6) is 0 Å². The molecule has 0 saturated heterocycles. The highest BCUT2D eigenvalue weighted by Gasteiger charge is 2.29. The van der Waals surface area contributed by atoms with Crippen LogP contribution in [0.25, 0.3) is 0 Å². The standard InChI is InChI=1S/C19H23N3O4S/c1-10(2)15(21-17(24)12-7-5-9-26-12)18(25)22-19-14(16(20)23)11-6-3-4-8-13(11)27-19/h5,7,9-10,15H,3-4,6,8H2,1-2H3,(H2,20,23)(H,21,24)(H,22,25). The summed E-state index contributed by atoms with van der Waals surface area (Å²) in [5.74, 6) is -1.40. The molecule has 4 N–H and O–H groups in total. The fraction of sp³-hybridized carbons (Fsp3) is 0.421. The van der Waals surface area contributed by atoms with Gasteiger partial charge < -0.3 is 20.8 Å². The summed E-state index contributed by atoms with van der Waals surface area (Å²) in [5, 5.41) is 5.98. The van der Waals surface area contributed by atoms with E-state index in [1.54, 1.807) is 6.07 Å². The minimum Gasteiger partial charge on any atom is -0.459 e. The number of aryl methyl sites for hydroxylation is 1. The van der Waals surface area contributed by atoms with Gasteiger partial charge in [-0.25, -0.2) is 0 Å². The number of rotatable bonds is 6. The van der Waals surface area contributed by atoms with Crippen LogP contribution in [0.15, 0.2) is 22.8 Å². The minimum atomic E-state index is -0.776. The maximum atomic E-state index is 12.8. The average Bonchev–Trinajstić information content (AvgIpc) is 3.26. The quantitative estimate of drug-likeness (QED) is 0.704. The normalized spacial score (nSPS) is 14.5. The van der Waals surface area contributed by atoms with Gasteiger partial charge in [-0.15, -0.1) is 11.3 Å². The molecular weight excluding hydrogens is 366 g/mol. The van der Waals surface area contributed by atoms with E-state index < -0.39 is 17.9 Å². The van der Waals surface area contributed by atoms with Crippen LogP contribution < -0.4 is 16.4 Å². The molecule has 8 heteroatoms. The molecule has 3 amide bonds. The SMILES string of the molecule is CC(C)C(NC(=O)c1ccco1)C(=O)Nc1sc2c(c1C(N)=O)CCCC2. The Kier molecular flexibility index (Phi) is 5.65. The van der Waals surface area contributed by atoms with Crippen molar-refractivity contribution in [3.63, 3.8) is 0 Å². The summed E-state index contributed by atoms with van der Waals surface area (Å²) >= 11 is 1.40. The molecule has 1 aliphatic rings. The Morgan fingerprint density at radius 2 is 1.96 bits per heavy atom. The van der Waals surface area contributed by atoms with Crippen LogP contribution in [0.2, 0.25) is 0 Å². The molecule has 0 aromatic carbocycles. The summed E-state index contributed by atoms with van der Waals surface area (Å²) < 4.78 is 5.08. The second-order valence-electron chi connectivity index (χ2n) is 6.94. The van der Waals surface area contributed by atoms with Crippen LogP contribution in [0.1, 0.15) is 58.0 Å². The van der Waals surface area contributed by atoms with Crippen molar-refractivity contribution < 1.29 is 18.8 Å². The second-order valence-corrected chi connectivity index (χ2v) is 8.05. The number of thiophene rings is 1. The van der Waals surface area contributed by atoms with Gasteiger partial charge in [-0.05, 0) is 49.3 Å². The van der Waals surface area contributed by atoms with Crippen LogP contribution >= 0.6 is 11.3 Å². The van der Waals surface area contributed by atoms with Crippen molar-refractivity contribution in [1.82, 2.24) is 5.32 Å². The van der Waals surface area contributed by atoms with Crippen LogP contribution in [0.4, 0.5) is 5.00 Å². The van der Waals surface area contributed by atoms with Crippen molar-refractivity contribution >= 4 is 34.1 Å². The van der Waals surface area contributed by atoms with Crippen molar-refractivity contribution in [1.29, 1.82) is 0 Å². The van der Waals surface area contributed by atoms with E-state index in [-0.39, 0.29) is 17.6 Å². The molecule has 7 nitrogen and oxygen atoms in total. The molecule has 1 atom stereocenters. The van der Waals surface area contributed by atoms with Crippen molar-refractivity contribution in [2.75, 3.05) is 5.32 Å². The zero-order valence-corrected chi connectivity index (χ0v) is 16.2. The molecule has 144 valence electrons. The summed E-state index contributed by atoms with van der Waals surface area (Å²) in [5.41, 5.74) is 6.93. The number of nitrogens with two attached hydrogens (primary N) is 1. The molecule has 2 aromatic heterocycles.